The number of amides is 1. The number of imidazole rings is 1. The Balaban J connectivity index is 1.99. The molecule has 0 aliphatic heterocycles. The number of aromatic nitrogens is 2. The monoisotopic (exact) mass is 405 g/mol. The first kappa shape index (κ1) is 19.9. The quantitative estimate of drug-likeness (QED) is 0.727. The van der Waals surface area contributed by atoms with Crippen molar-refractivity contribution in [3.05, 3.63) is 23.5 Å². The van der Waals surface area contributed by atoms with Gasteiger partial charge in [-0.1, -0.05) is 0 Å². The Morgan fingerprint density at radius 3 is 2.56 bits per heavy atom. The second-order valence-electron chi connectivity index (χ2n) is 7.06. The van der Waals surface area contributed by atoms with Crippen molar-refractivity contribution in [3.8, 4) is 0 Å². The molecule has 1 aromatic heterocycles. The largest absolute Gasteiger partial charge is 0.442 e. The van der Waals surface area contributed by atoms with Crippen LogP contribution in [-0.2, 0) is 10.4 Å². The number of halogens is 4. The Hall–Kier alpha value is -1.81. The Morgan fingerprint density at radius 2 is 2.04 bits per heavy atom. The van der Waals surface area contributed by atoms with Crippen molar-refractivity contribution in [3.63, 3.8) is 0 Å². The van der Waals surface area contributed by atoms with E-state index in [0.717, 1.165) is 19.3 Å². The summed E-state index contributed by atoms with van der Waals surface area (Å²) in [5, 5.41) is 12.6. The van der Waals surface area contributed by atoms with Gasteiger partial charge in [-0.3, -0.25) is 10.1 Å². The second-order valence-corrected chi connectivity index (χ2v) is 8.10. The highest BCUT2D eigenvalue weighted by Crippen LogP contribution is 2.39. The van der Waals surface area contributed by atoms with Crippen LogP contribution in [0.1, 0.15) is 44.7 Å². The number of fused-ring (bicyclic) bond motifs is 1. The van der Waals surface area contributed by atoms with Crippen molar-refractivity contribution >= 4 is 34.7 Å². The van der Waals surface area contributed by atoms with E-state index < -0.39 is 40.3 Å². The van der Waals surface area contributed by atoms with Crippen LogP contribution in [0.2, 0.25) is 0 Å². The molecule has 3 rings (SSSR count). The van der Waals surface area contributed by atoms with Crippen molar-refractivity contribution in [2.24, 2.45) is 0 Å². The number of carbonyl (C=O) groups excluding carboxylic acids is 1. The lowest BCUT2D eigenvalue weighted by molar-refractivity contribution is -0.114. The maximum absolute atomic E-state index is 14.5. The molecular formula is C17H19F4N3O2S. The van der Waals surface area contributed by atoms with Gasteiger partial charge in [-0.25, -0.2) is 9.37 Å². The van der Waals surface area contributed by atoms with E-state index in [9.17, 15) is 27.5 Å². The van der Waals surface area contributed by atoms with Crippen LogP contribution in [0, 0.1) is 5.82 Å². The lowest BCUT2D eigenvalue weighted by Gasteiger charge is -2.29. The number of hydrogen-bond donors (Lipinski definition) is 2. The summed E-state index contributed by atoms with van der Waals surface area (Å²) in [6, 6.07) is 2.74. The summed E-state index contributed by atoms with van der Waals surface area (Å²) in [4.78, 5) is 16.0. The number of hydrogen-bond acceptors (Lipinski definition) is 4. The molecule has 0 saturated heterocycles. The summed E-state index contributed by atoms with van der Waals surface area (Å²) in [7, 11) is 0. The topological polar surface area (TPSA) is 67.2 Å². The molecule has 1 aliphatic carbocycles. The van der Waals surface area contributed by atoms with Gasteiger partial charge in [0.15, 0.2) is 5.82 Å². The molecule has 1 aromatic carbocycles. The highest BCUT2D eigenvalue weighted by Gasteiger charge is 2.31. The van der Waals surface area contributed by atoms with E-state index in [1.54, 1.807) is 10.6 Å². The van der Waals surface area contributed by atoms with Crippen molar-refractivity contribution < 1.29 is 27.5 Å². The fourth-order valence-electron chi connectivity index (χ4n) is 2.92. The zero-order valence-corrected chi connectivity index (χ0v) is 15.5. The molecule has 0 bridgehead atoms. The predicted octanol–water partition coefficient (Wildman–Crippen LogP) is 4.32. The van der Waals surface area contributed by atoms with Crippen molar-refractivity contribution in [1.29, 1.82) is 0 Å². The van der Waals surface area contributed by atoms with Gasteiger partial charge in [0, 0.05) is 6.04 Å². The summed E-state index contributed by atoms with van der Waals surface area (Å²) in [6.45, 7) is 3.05. The standard InChI is InChI=1S/C17H19F4N3O2S/c1-16(2,26)9-6-11(18)14-12(7-9)24(10-4-3-5-10)15(23-14)22-13(25)8-27-17(19,20)21/h6-7,10,26H,3-5,8H2,1-2H3,(H,22,23,25). The molecule has 1 saturated carbocycles. The summed E-state index contributed by atoms with van der Waals surface area (Å²) in [6.07, 6.45) is 2.54. The van der Waals surface area contributed by atoms with Gasteiger partial charge < -0.3 is 9.67 Å². The smallest absolute Gasteiger partial charge is 0.386 e. The number of anilines is 1. The van der Waals surface area contributed by atoms with Gasteiger partial charge >= 0.3 is 5.51 Å². The molecule has 1 amide bonds. The summed E-state index contributed by atoms with van der Waals surface area (Å²) in [5.41, 5.74) is -5.04. The average Bonchev–Trinajstić information content (AvgIpc) is 2.81. The van der Waals surface area contributed by atoms with E-state index in [4.69, 9.17) is 0 Å². The number of nitrogens with zero attached hydrogens (tertiary/aromatic N) is 2. The fraction of sp³-hybridized carbons (Fsp3) is 0.529. The van der Waals surface area contributed by atoms with Crippen LogP contribution in [0.3, 0.4) is 0 Å². The molecule has 148 valence electrons. The molecule has 0 atom stereocenters. The van der Waals surface area contributed by atoms with E-state index in [1.165, 1.54) is 19.9 Å². The third-order valence-corrected chi connectivity index (χ3v) is 5.25. The maximum atomic E-state index is 14.5. The van der Waals surface area contributed by atoms with Gasteiger partial charge in [0.1, 0.15) is 5.52 Å². The zero-order valence-electron chi connectivity index (χ0n) is 14.7. The molecule has 0 unspecified atom stereocenters. The van der Waals surface area contributed by atoms with Gasteiger partial charge in [-0.15, -0.1) is 0 Å². The van der Waals surface area contributed by atoms with Crippen LogP contribution in [0.15, 0.2) is 12.1 Å². The van der Waals surface area contributed by atoms with E-state index in [0.29, 0.717) is 11.1 Å². The number of aliphatic hydroxyl groups is 1. The van der Waals surface area contributed by atoms with Gasteiger partial charge in [0.2, 0.25) is 11.9 Å². The summed E-state index contributed by atoms with van der Waals surface area (Å²) in [5.74, 6) is -2.32. The van der Waals surface area contributed by atoms with Crippen LogP contribution >= 0.6 is 11.8 Å². The van der Waals surface area contributed by atoms with Gasteiger partial charge in [0.05, 0.1) is 16.9 Å². The zero-order chi connectivity index (χ0) is 20.0. The van der Waals surface area contributed by atoms with Crippen LogP contribution in [-0.4, -0.2) is 31.8 Å². The summed E-state index contributed by atoms with van der Waals surface area (Å²) < 4.78 is 53.1. The molecule has 1 fully saturated rings. The highest BCUT2D eigenvalue weighted by atomic mass is 32.2. The normalized spacial score (nSPS) is 15.8. The minimum Gasteiger partial charge on any atom is -0.386 e. The predicted molar refractivity (Wildman–Crippen MR) is 95.0 cm³/mol. The molecule has 10 heteroatoms. The average molecular weight is 405 g/mol. The second kappa shape index (κ2) is 6.97. The van der Waals surface area contributed by atoms with Crippen molar-refractivity contribution in [1.82, 2.24) is 9.55 Å². The maximum Gasteiger partial charge on any atom is 0.442 e. The first-order valence-electron chi connectivity index (χ1n) is 8.40. The number of nitrogens with one attached hydrogen (secondary N) is 1. The van der Waals surface area contributed by atoms with Crippen LogP contribution in [0.5, 0.6) is 0 Å². The van der Waals surface area contributed by atoms with E-state index >= 15 is 0 Å². The van der Waals surface area contributed by atoms with Crippen LogP contribution in [0.4, 0.5) is 23.5 Å². The van der Waals surface area contributed by atoms with Crippen molar-refractivity contribution in [2.75, 3.05) is 11.1 Å². The van der Waals surface area contributed by atoms with Gasteiger partial charge in [0.25, 0.3) is 0 Å². The number of rotatable bonds is 5. The van der Waals surface area contributed by atoms with Crippen molar-refractivity contribution in [2.45, 2.75) is 50.3 Å². The van der Waals surface area contributed by atoms with Crippen LogP contribution < -0.4 is 5.32 Å². The Labute approximate surface area is 157 Å². The number of thioether (sulfide) groups is 1. The van der Waals surface area contributed by atoms with Gasteiger partial charge in [-0.05, 0) is 62.6 Å². The molecule has 5 nitrogen and oxygen atoms in total. The first-order chi connectivity index (χ1) is 12.5. The Bertz CT molecular complexity index is 870. The summed E-state index contributed by atoms with van der Waals surface area (Å²) >= 11 is -0.445. The third-order valence-electron chi connectivity index (χ3n) is 4.51. The number of benzene rings is 1. The Morgan fingerprint density at radius 1 is 1.37 bits per heavy atom. The molecule has 2 aromatic rings. The molecule has 27 heavy (non-hydrogen) atoms. The van der Waals surface area contributed by atoms with Crippen LogP contribution in [0.25, 0.3) is 11.0 Å². The molecular weight excluding hydrogens is 386 g/mol. The fourth-order valence-corrected chi connectivity index (χ4v) is 3.28. The van der Waals surface area contributed by atoms with E-state index in [1.807, 2.05) is 0 Å². The van der Waals surface area contributed by atoms with E-state index in [-0.39, 0.29) is 17.5 Å². The molecule has 1 heterocycles. The molecule has 2 N–H and O–H groups in total. The first-order valence-corrected chi connectivity index (χ1v) is 9.39. The van der Waals surface area contributed by atoms with Gasteiger partial charge in [-0.2, -0.15) is 13.2 Å². The number of carbonyl (C=O) groups is 1. The molecule has 0 radical (unpaired) electrons. The molecule has 0 spiro atoms. The van der Waals surface area contributed by atoms with E-state index in [2.05, 4.69) is 10.3 Å². The lowest BCUT2D eigenvalue weighted by Crippen LogP contribution is -2.24. The SMILES string of the molecule is CC(C)(O)c1cc(F)c2nc(NC(=O)CSC(F)(F)F)n(C3CCC3)c2c1. The minimum atomic E-state index is -4.51. The highest BCUT2D eigenvalue weighted by molar-refractivity contribution is 8.00. The Kier molecular flexibility index (Phi) is 5.15. The third kappa shape index (κ3) is 4.37. The molecule has 1 aliphatic rings. The minimum absolute atomic E-state index is 0.00803. The lowest BCUT2D eigenvalue weighted by atomic mass is 9.92. The number of alkyl halides is 3.